The summed E-state index contributed by atoms with van der Waals surface area (Å²) >= 11 is 3.31. The van der Waals surface area contributed by atoms with Gasteiger partial charge in [0.1, 0.15) is 5.82 Å². The van der Waals surface area contributed by atoms with Crippen molar-refractivity contribution in [3.05, 3.63) is 75.4 Å². The van der Waals surface area contributed by atoms with Gasteiger partial charge in [-0.15, -0.1) is 0 Å². The maximum atomic E-state index is 12.8. The Morgan fingerprint density at radius 1 is 1.00 bits per heavy atom. The Balaban J connectivity index is 2.11. The summed E-state index contributed by atoms with van der Waals surface area (Å²) in [6.07, 6.45) is 1.55. The number of halogens is 2. The minimum Gasteiger partial charge on any atom is -0.224 e. The number of benzene rings is 2. The lowest BCUT2D eigenvalue weighted by atomic mass is 10.2. The molecule has 0 bridgehead atoms. The van der Waals surface area contributed by atoms with Crippen LogP contribution in [0.25, 0.3) is 6.08 Å². The molecule has 0 radical (unpaired) electrons. The predicted octanol–water partition coefficient (Wildman–Crippen LogP) is 4.17. The monoisotopic (exact) mass is 354 g/mol. The quantitative estimate of drug-likeness (QED) is 0.825. The molecule has 0 heterocycles. The van der Waals surface area contributed by atoms with Gasteiger partial charge in [-0.05, 0) is 41.5 Å². The van der Waals surface area contributed by atoms with Gasteiger partial charge in [0.25, 0.3) is 0 Å². The van der Waals surface area contributed by atoms with E-state index in [1.54, 1.807) is 6.08 Å². The zero-order chi connectivity index (χ0) is 14.6. The van der Waals surface area contributed by atoms with Gasteiger partial charge >= 0.3 is 0 Å². The van der Waals surface area contributed by atoms with Gasteiger partial charge in [0.2, 0.25) is 0 Å². The maximum Gasteiger partial charge on any atom is 0.175 e. The van der Waals surface area contributed by atoms with Crippen LogP contribution in [-0.4, -0.2) is 8.42 Å². The zero-order valence-corrected chi connectivity index (χ0v) is 12.9. The molecule has 0 aliphatic rings. The molecule has 0 amide bonds. The molecule has 0 fully saturated rings. The second-order valence-electron chi connectivity index (χ2n) is 4.29. The summed E-state index contributed by atoms with van der Waals surface area (Å²) in [7, 11) is -3.37. The van der Waals surface area contributed by atoms with E-state index in [2.05, 4.69) is 15.9 Å². The first-order chi connectivity index (χ1) is 9.44. The van der Waals surface area contributed by atoms with Crippen molar-refractivity contribution < 1.29 is 12.8 Å². The number of rotatable bonds is 4. The van der Waals surface area contributed by atoms with Gasteiger partial charge in [-0.2, -0.15) is 0 Å². The fourth-order valence-electron chi connectivity index (χ4n) is 1.62. The molecular weight excluding hydrogens is 343 g/mol. The molecule has 0 N–H and O–H groups in total. The van der Waals surface area contributed by atoms with Crippen LogP contribution in [0.5, 0.6) is 0 Å². The van der Waals surface area contributed by atoms with Crippen molar-refractivity contribution in [1.29, 1.82) is 0 Å². The molecule has 0 aromatic heterocycles. The van der Waals surface area contributed by atoms with Crippen molar-refractivity contribution in [2.45, 2.75) is 5.75 Å². The highest BCUT2D eigenvalue weighted by atomic mass is 79.9. The molecule has 0 atom stereocenters. The Morgan fingerprint density at radius 3 is 2.20 bits per heavy atom. The summed E-state index contributed by atoms with van der Waals surface area (Å²) in [5.74, 6) is -0.517. The van der Waals surface area contributed by atoms with Crippen LogP contribution in [0.15, 0.2) is 58.4 Å². The minimum absolute atomic E-state index is 0.139. The summed E-state index contributed by atoms with van der Waals surface area (Å²) in [5, 5.41) is 1.18. The molecule has 0 unspecified atom stereocenters. The van der Waals surface area contributed by atoms with Crippen LogP contribution in [-0.2, 0) is 15.6 Å². The summed E-state index contributed by atoms with van der Waals surface area (Å²) < 4.78 is 37.6. The first-order valence-electron chi connectivity index (χ1n) is 5.85. The Kier molecular flexibility index (Phi) is 4.73. The third-order valence-corrected chi connectivity index (χ3v) is 4.43. The van der Waals surface area contributed by atoms with Crippen molar-refractivity contribution in [2.75, 3.05) is 0 Å². The first-order valence-corrected chi connectivity index (χ1v) is 8.36. The van der Waals surface area contributed by atoms with Gasteiger partial charge in [0, 0.05) is 9.88 Å². The van der Waals surface area contributed by atoms with E-state index < -0.39 is 9.84 Å². The number of hydrogen-bond donors (Lipinski definition) is 0. The molecule has 20 heavy (non-hydrogen) atoms. The van der Waals surface area contributed by atoms with Gasteiger partial charge in [0.15, 0.2) is 9.84 Å². The standard InChI is InChI=1S/C15H12BrFO2S/c16-14-5-1-12(2-6-14)9-10-20(18,19)11-13-3-7-15(17)8-4-13/h1-10H,11H2/b10-9-. The molecule has 104 valence electrons. The van der Waals surface area contributed by atoms with E-state index in [9.17, 15) is 12.8 Å². The van der Waals surface area contributed by atoms with Crippen LogP contribution in [0, 0.1) is 5.82 Å². The van der Waals surface area contributed by atoms with E-state index in [4.69, 9.17) is 0 Å². The molecule has 2 rings (SSSR count). The Hall–Kier alpha value is -1.46. The van der Waals surface area contributed by atoms with Crippen LogP contribution in [0.4, 0.5) is 4.39 Å². The van der Waals surface area contributed by atoms with Gasteiger partial charge in [-0.1, -0.05) is 40.2 Å². The lowest BCUT2D eigenvalue weighted by Gasteiger charge is -2.00. The van der Waals surface area contributed by atoms with E-state index in [1.165, 1.54) is 29.7 Å². The van der Waals surface area contributed by atoms with Crippen molar-refractivity contribution >= 4 is 31.8 Å². The first kappa shape index (κ1) is 14.9. The summed E-state index contributed by atoms with van der Waals surface area (Å²) in [5.41, 5.74) is 1.36. The minimum atomic E-state index is -3.37. The van der Waals surface area contributed by atoms with E-state index in [0.717, 1.165) is 10.0 Å². The van der Waals surface area contributed by atoms with E-state index in [1.807, 2.05) is 24.3 Å². The van der Waals surface area contributed by atoms with Crippen LogP contribution < -0.4 is 0 Å². The lowest BCUT2D eigenvalue weighted by molar-refractivity contribution is 0.603. The van der Waals surface area contributed by atoms with Crippen LogP contribution >= 0.6 is 15.9 Å². The highest BCUT2D eigenvalue weighted by Crippen LogP contribution is 2.14. The average molecular weight is 355 g/mol. The van der Waals surface area contributed by atoms with Gasteiger partial charge in [0.05, 0.1) is 5.75 Å². The summed E-state index contributed by atoms with van der Waals surface area (Å²) in [4.78, 5) is 0. The number of sulfone groups is 1. The van der Waals surface area contributed by atoms with Gasteiger partial charge in [-0.3, -0.25) is 0 Å². The SMILES string of the molecule is O=S(=O)(/C=C\c1ccc(Br)cc1)Cc1ccc(F)cc1. The molecule has 0 spiro atoms. The van der Waals surface area contributed by atoms with Crippen LogP contribution in [0.2, 0.25) is 0 Å². The van der Waals surface area contributed by atoms with E-state index in [0.29, 0.717) is 5.56 Å². The fourth-order valence-corrected chi connectivity index (χ4v) is 3.00. The van der Waals surface area contributed by atoms with E-state index in [-0.39, 0.29) is 11.6 Å². The average Bonchev–Trinajstić information content (AvgIpc) is 2.41. The molecule has 2 nitrogen and oxygen atoms in total. The third-order valence-electron chi connectivity index (χ3n) is 2.62. The normalized spacial score (nSPS) is 11.9. The summed E-state index contributed by atoms with van der Waals surface area (Å²) in [6, 6.07) is 12.8. The molecule has 2 aromatic carbocycles. The van der Waals surface area contributed by atoms with Crippen molar-refractivity contribution in [3.63, 3.8) is 0 Å². The van der Waals surface area contributed by atoms with Crippen molar-refractivity contribution in [1.82, 2.24) is 0 Å². The molecule has 2 aromatic rings. The smallest absolute Gasteiger partial charge is 0.175 e. The number of hydrogen-bond acceptors (Lipinski definition) is 2. The fraction of sp³-hybridized carbons (Fsp3) is 0.0667. The highest BCUT2D eigenvalue weighted by Gasteiger charge is 2.07. The van der Waals surface area contributed by atoms with Crippen LogP contribution in [0.3, 0.4) is 0 Å². The van der Waals surface area contributed by atoms with Crippen LogP contribution in [0.1, 0.15) is 11.1 Å². The predicted molar refractivity (Wildman–Crippen MR) is 82.2 cm³/mol. The zero-order valence-electron chi connectivity index (χ0n) is 10.5. The molecule has 5 heteroatoms. The largest absolute Gasteiger partial charge is 0.224 e. The summed E-state index contributed by atoms with van der Waals surface area (Å²) in [6.45, 7) is 0. The van der Waals surface area contributed by atoms with E-state index >= 15 is 0 Å². The topological polar surface area (TPSA) is 34.1 Å². The van der Waals surface area contributed by atoms with Gasteiger partial charge < -0.3 is 0 Å². The Bertz CT molecular complexity index is 705. The van der Waals surface area contributed by atoms with Gasteiger partial charge in [-0.25, -0.2) is 12.8 Å². The molecular formula is C15H12BrFO2S. The molecule has 0 aliphatic heterocycles. The Labute approximate surface area is 126 Å². The molecule has 0 saturated heterocycles. The third kappa shape index (κ3) is 4.58. The Morgan fingerprint density at radius 2 is 1.60 bits per heavy atom. The second-order valence-corrected chi connectivity index (χ2v) is 7.09. The maximum absolute atomic E-state index is 12.8. The van der Waals surface area contributed by atoms with Crippen molar-refractivity contribution in [3.8, 4) is 0 Å². The lowest BCUT2D eigenvalue weighted by Crippen LogP contribution is -1.99. The molecule has 0 saturated carbocycles. The van der Waals surface area contributed by atoms with Crippen molar-refractivity contribution in [2.24, 2.45) is 0 Å². The second kappa shape index (κ2) is 6.33. The highest BCUT2D eigenvalue weighted by molar-refractivity contribution is 9.10. The molecule has 0 aliphatic carbocycles.